The number of alkyl halides is 3. The Labute approximate surface area is 166 Å². The first-order chi connectivity index (χ1) is 13.2. The molecule has 1 N–H and O–H groups in total. The number of amides is 1. The molecular formula is C18H18BrF3N4O2. The fraction of sp³-hybridized carbons (Fsp3) is 0.500. The van der Waals surface area contributed by atoms with Gasteiger partial charge < -0.3 is 4.90 Å². The van der Waals surface area contributed by atoms with E-state index in [1.54, 1.807) is 0 Å². The highest BCUT2D eigenvalue weighted by atomic mass is 79.9. The molecule has 0 bridgehead atoms. The molecule has 0 radical (unpaired) electrons. The fourth-order valence-electron chi connectivity index (χ4n) is 3.69. The number of H-pyrrole nitrogens is 1. The van der Waals surface area contributed by atoms with Crippen LogP contribution in [0.4, 0.5) is 13.2 Å². The van der Waals surface area contributed by atoms with Crippen LogP contribution in [0.3, 0.4) is 0 Å². The second-order valence-electron chi connectivity index (χ2n) is 7.36. The number of carbonyl (C=O) groups excluding carboxylic acids is 1. The van der Waals surface area contributed by atoms with Crippen molar-refractivity contribution >= 4 is 21.8 Å². The standard InChI is InChI=1S/C18H18BrF3N4O2/c19-12-3-4-14(13(8-12)18(20,21)22)26-15(23-24-17(26)28)7-10-5-6-25(9-10)16(27)11-1-2-11/h3-4,8,10-11H,1-2,5-7,9H2,(H,24,28)/t10-/m0/s1. The SMILES string of the molecule is O=C(C1CC1)N1CC[C@@H](Cc2n[nH]c(=O)n2-c2ccc(Br)cc2C(F)(F)F)C1. The molecule has 1 saturated heterocycles. The molecule has 2 aromatic rings. The van der Waals surface area contributed by atoms with Gasteiger partial charge in [0.25, 0.3) is 0 Å². The molecule has 0 unspecified atom stereocenters. The Morgan fingerprint density at radius 2 is 2.04 bits per heavy atom. The molecule has 150 valence electrons. The van der Waals surface area contributed by atoms with E-state index in [0.29, 0.717) is 19.5 Å². The van der Waals surface area contributed by atoms with Gasteiger partial charge in [0, 0.05) is 29.9 Å². The van der Waals surface area contributed by atoms with Crippen molar-refractivity contribution in [2.24, 2.45) is 11.8 Å². The highest BCUT2D eigenvalue weighted by molar-refractivity contribution is 9.10. The molecule has 4 rings (SSSR count). The van der Waals surface area contributed by atoms with Gasteiger partial charge in [-0.2, -0.15) is 18.3 Å². The number of likely N-dealkylation sites (tertiary alicyclic amines) is 1. The van der Waals surface area contributed by atoms with Crippen molar-refractivity contribution in [2.45, 2.75) is 31.9 Å². The lowest BCUT2D eigenvalue weighted by Crippen LogP contribution is -2.30. The first-order valence-corrected chi connectivity index (χ1v) is 9.85. The van der Waals surface area contributed by atoms with Crippen molar-refractivity contribution < 1.29 is 18.0 Å². The lowest BCUT2D eigenvalue weighted by molar-refractivity contribution is -0.137. The minimum absolute atomic E-state index is 0.0569. The molecule has 28 heavy (non-hydrogen) atoms. The molecule has 1 aromatic carbocycles. The number of benzene rings is 1. The minimum atomic E-state index is -4.62. The minimum Gasteiger partial charge on any atom is -0.342 e. The van der Waals surface area contributed by atoms with Crippen LogP contribution in [0.2, 0.25) is 0 Å². The van der Waals surface area contributed by atoms with Crippen LogP contribution in [-0.4, -0.2) is 38.7 Å². The number of aromatic amines is 1. The van der Waals surface area contributed by atoms with Crippen molar-refractivity contribution in [1.82, 2.24) is 19.7 Å². The van der Waals surface area contributed by atoms with E-state index in [0.717, 1.165) is 29.9 Å². The molecule has 2 fully saturated rings. The van der Waals surface area contributed by atoms with Crippen LogP contribution in [0.15, 0.2) is 27.5 Å². The van der Waals surface area contributed by atoms with Gasteiger partial charge in [0.2, 0.25) is 5.91 Å². The van der Waals surface area contributed by atoms with E-state index in [4.69, 9.17) is 0 Å². The monoisotopic (exact) mass is 458 g/mol. The summed E-state index contributed by atoms with van der Waals surface area (Å²) in [7, 11) is 0. The maximum atomic E-state index is 13.5. The van der Waals surface area contributed by atoms with Crippen molar-refractivity contribution in [2.75, 3.05) is 13.1 Å². The fourth-order valence-corrected chi connectivity index (χ4v) is 4.05. The molecule has 10 heteroatoms. The predicted molar refractivity (Wildman–Crippen MR) is 98.0 cm³/mol. The molecule has 1 saturated carbocycles. The Hall–Kier alpha value is -2.10. The van der Waals surface area contributed by atoms with Crippen LogP contribution in [0.5, 0.6) is 0 Å². The quantitative estimate of drug-likeness (QED) is 0.764. The molecule has 1 aromatic heterocycles. The zero-order chi connectivity index (χ0) is 20.1. The van der Waals surface area contributed by atoms with Gasteiger partial charge in [-0.05, 0) is 43.4 Å². The number of hydrogen-bond donors (Lipinski definition) is 1. The summed E-state index contributed by atoms with van der Waals surface area (Å²) in [5.74, 6) is 0.596. The van der Waals surface area contributed by atoms with Gasteiger partial charge in [-0.15, -0.1) is 0 Å². The zero-order valence-corrected chi connectivity index (χ0v) is 16.4. The summed E-state index contributed by atoms with van der Waals surface area (Å²) < 4.78 is 41.8. The maximum absolute atomic E-state index is 13.5. The zero-order valence-electron chi connectivity index (χ0n) is 14.8. The van der Waals surface area contributed by atoms with E-state index in [9.17, 15) is 22.8 Å². The van der Waals surface area contributed by atoms with E-state index in [1.165, 1.54) is 12.1 Å². The van der Waals surface area contributed by atoms with E-state index >= 15 is 0 Å². The molecule has 2 aliphatic rings. The first kappa shape index (κ1) is 19.2. The number of aromatic nitrogens is 3. The van der Waals surface area contributed by atoms with Crippen LogP contribution >= 0.6 is 15.9 Å². The van der Waals surface area contributed by atoms with Crippen LogP contribution in [0.25, 0.3) is 5.69 Å². The summed E-state index contributed by atoms with van der Waals surface area (Å²) in [4.78, 5) is 26.3. The summed E-state index contributed by atoms with van der Waals surface area (Å²) >= 11 is 3.05. The first-order valence-electron chi connectivity index (χ1n) is 9.06. The largest absolute Gasteiger partial charge is 0.418 e. The molecule has 1 amide bonds. The predicted octanol–water partition coefficient (Wildman–Crippen LogP) is 3.14. The molecular weight excluding hydrogens is 441 g/mol. The smallest absolute Gasteiger partial charge is 0.342 e. The average Bonchev–Trinajstić information content (AvgIpc) is 3.28. The van der Waals surface area contributed by atoms with Gasteiger partial charge in [0.15, 0.2) is 0 Å². The van der Waals surface area contributed by atoms with Gasteiger partial charge in [-0.25, -0.2) is 14.5 Å². The lowest BCUT2D eigenvalue weighted by Gasteiger charge is -2.17. The number of carbonyl (C=O) groups is 1. The number of nitrogens with one attached hydrogen (secondary N) is 1. The van der Waals surface area contributed by atoms with Crippen LogP contribution in [0, 0.1) is 11.8 Å². The van der Waals surface area contributed by atoms with Gasteiger partial charge in [-0.3, -0.25) is 4.79 Å². The number of nitrogens with zero attached hydrogens (tertiary/aromatic N) is 3. The third-order valence-corrected chi connectivity index (χ3v) is 5.74. The third kappa shape index (κ3) is 3.74. The van der Waals surface area contributed by atoms with Crippen LogP contribution in [-0.2, 0) is 17.4 Å². The Morgan fingerprint density at radius 1 is 1.29 bits per heavy atom. The van der Waals surface area contributed by atoms with Gasteiger partial charge in [0.1, 0.15) is 5.82 Å². The maximum Gasteiger partial charge on any atom is 0.418 e. The van der Waals surface area contributed by atoms with Gasteiger partial charge in [0.05, 0.1) is 11.3 Å². The highest BCUT2D eigenvalue weighted by Gasteiger charge is 2.38. The normalized spacial score (nSPS) is 20.0. The Bertz CT molecular complexity index is 964. The average molecular weight is 459 g/mol. The summed E-state index contributed by atoms with van der Waals surface area (Å²) in [6.07, 6.45) is -1.69. The second-order valence-corrected chi connectivity index (χ2v) is 8.27. The van der Waals surface area contributed by atoms with E-state index in [1.807, 2.05) is 4.90 Å². The van der Waals surface area contributed by atoms with E-state index in [-0.39, 0.29) is 33.7 Å². The number of rotatable bonds is 4. The molecule has 1 atom stereocenters. The molecule has 1 aliphatic heterocycles. The molecule has 6 nitrogen and oxygen atoms in total. The van der Waals surface area contributed by atoms with Crippen LogP contribution in [0.1, 0.15) is 30.7 Å². The summed E-state index contributed by atoms with van der Waals surface area (Å²) in [5.41, 5.74) is -1.89. The second kappa shape index (κ2) is 7.06. The Balaban J connectivity index is 1.61. The Morgan fingerprint density at radius 3 is 2.71 bits per heavy atom. The van der Waals surface area contributed by atoms with Gasteiger partial charge >= 0.3 is 11.9 Å². The van der Waals surface area contributed by atoms with Crippen molar-refractivity contribution in [3.63, 3.8) is 0 Å². The number of hydrogen-bond acceptors (Lipinski definition) is 3. The Kier molecular flexibility index (Phi) is 4.84. The summed E-state index contributed by atoms with van der Waals surface area (Å²) in [6, 6.07) is 3.66. The van der Waals surface area contributed by atoms with Crippen molar-refractivity contribution in [1.29, 1.82) is 0 Å². The highest BCUT2D eigenvalue weighted by Crippen LogP contribution is 2.36. The van der Waals surface area contributed by atoms with Gasteiger partial charge in [-0.1, -0.05) is 15.9 Å². The van der Waals surface area contributed by atoms with E-state index < -0.39 is 17.4 Å². The van der Waals surface area contributed by atoms with Crippen molar-refractivity contribution in [3.8, 4) is 5.69 Å². The van der Waals surface area contributed by atoms with Crippen LogP contribution < -0.4 is 5.69 Å². The topological polar surface area (TPSA) is 71.0 Å². The molecule has 0 spiro atoms. The van der Waals surface area contributed by atoms with E-state index in [2.05, 4.69) is 26.1 Å². The summed E-state index contributed by atoms with van der Waals surface area (Å²) in [5, 5.41) is 6.22. The third-order valence-electron chi connectivity index (χ3n) is 5.24. The number of halogens is 4. The molecule has 2 heterocycles. The lowest BCUT2D eigenvalue weighted by atomic mass is 10.0. The molecule has 1 aliphatic carbocycles. The summed E-state index contributed by atoms with van der Waals surface area (Å²) in [6.45, 7) is 1.18. The van der Waals surface area contributed by atoms with Crippen molar-refractivity contribution in [3.05, 3.63) is 44.5 Å².